The van der Waals surface area contributed by atoms with Crippen LogP contribution in [0, 0.1) is 0 Å². The molecule has 1 atom stereocenters. The maximum atomic E-state index is 6.89. The minimum Gasteiger partial charge on any atom is -0.456 e. The van der Waals surface area contributed by atoms with Gasteiger partial charge >= 0.3 is 0 Å². The molecule has 0 amide bonds. The highest BCUT2D eigenvalue weighted by Crippen LogP contribution is 2.46. The summed E-state index contributed by atoms with van der Waals surface area (Å²) in [5.41, 5.74) is 14.1. The second-order valence-electron chi connectivity index (χ2n) is 17.6. The first-order chi connectivity index (χ1) is 32.6. The number of rotatable bonds is 11. The molecule has 0 radical (unpaired) electrons. The van der Waals surface area contributed by atoms with E-state index in [1.54, 1.807) is 0 Å². The number of unbranched alkanes of at least 4 members (excludes halogenated alkanes) is 1. The first kappa shape index (κ1) is 40.0. The Morgan fingerprint density at radius 3 is 1.97 bits per heavy atom. The van der Waals surface area contributed by atoms with Crippen LogP contribution in [0.15, 0.2) is 207 Å². The van der Waals surface area contributed by atoms with Crippen LogP contribution in [0.1, 0.15) is 62.3 Å². The van der Waals surface area contributed by atoms with Crippen molar-refractivity contribution in [2.75, 3.05) is 0 Å². The van der Waals surface area contributed by atoms with Gasteiger partial charge in [0, 0.05) is 59.4 Å². The van der Waals surface area contributed by atoms with Gasteiger partial charge in [-0.2, -0.15) is 0 Å². The predicted octanol–water partition coefficient (Wildman–Crippen LogP) is 18.6. The summed E-state index contributed by atoms with van der Waals surface area (Å²) in [6.07, 6.45) is 6.28. The van der Waals surface area contributed by atoms with Crippen molar-refractivity contribution in [1.82, 2.24) is 0 Å². The number of para-hydroxylation sites is 2. The standard InChI is InChI=1S/C62H47NO2S/c1-3-4-29-52(63-53(40-18-6-5-7-19-40)38-39(2)37-41-20-14-34-58-59(41)50-24-11-13-33-57(50)66-58)45-36-35-44(42-21-8-9-22-43(42)45)46-25-16-32-56-61(46)51-28-15-27-48(62(51)65-56)47-26-17-31-55-60(47)49-23-10-12-30-54(49)64-55/h5-28,30-37,52H,3-4,29,38H2,1-2H3/b39-37-,63-53?. The summed E-state index contributed by atoms with van der Waals surface area (Å²) in [5, 5.41) is 9.54. The summed E-state index contributed by atoms with van der Waals surface area (Å²) in [6, 6.07) is 67.5. The van der Waals surface area contributed by atoms with Crippen LogP contribution >= 0.6 is 11.3 Å². The fourth-order valence-electron chi connectivity index (χ4n) is 10.4. The number of hydrogen-bond acceptors (Lipinski definition) is 4. The fraction of sp³-hybridized carbons (Fsp3) is 0.113. The molecule has 0 saturated carbocycles. The van der Waals surface area contributed by atoms with Crippen molar-refractivity contribution >= 4 is 97.9 Å². The maximum Gasteiger partial charge on any atom is 0.143 e. The molecule has 0 aliphatic heterocycles. The van der Waals surface area contributed by atoms with Crippen LogP contribution in [-0.4, -0.2) is 5.71 Å². The second-order valence-corrected chi connectivity index (χ2v) is 18.7. The third kappa shape index (κ3) is 6.92. The molecule has 0 saturated heterocycles. The first-order valence-corrected chi connectivity index (χ1v) is 24.0. The molecule has 3 aromatic heterocycles. The van der Waals surface area contributed by atoms with Crippen LogP contribution in [0.2, 0.25) is 0 Å². The summed E-state index contributed by atoms with van der Waals surface area (Å²) >= 11 is 1.87. The van der Waals surface area contributed by atoms with Gasteiger partial charge in [0.2, 0.25) is 0 Å². The Bertz CT molecular complexity index is 3860. The Morgan fingerprint density at radius 1 is 0.515 bits per heavy atom. The van der Waals surface area contributed by atoms with E-state index in [1.807, 2.05) is 23.5 Å². The monoisotopic (exact) mass is 869 g/mol. The zero-order chi connectivity index (χ0) is 44.1. The average molecular weight is 870 g/mol. The van der Waals surface area contributed by atoms with Crippen molar-refractivity contribution < 1.29 is 8.83 Å². The van der Waals surface area contributed by atoms with Crippen LogP contribution in [0.4, 0.5) is 0 Å². The van der Waals surface area contributed by atoms with E-state index in [0.29, 0.717) is 0 Å². The fourth-order valence-corrected chi connectivity index (χ4v) is 11.5. The zero-order valence-electron chi connectivity index (χ0n) is 37.1. The third-order valence-corrected chi connectivity index (χ3v) is 14.5. The normalized spacial score (nSPS) is 13.1. The van der Waals surface area contributed by atoms with Crippen LogP contribution in [-0.2, 0) is 0 Å². The molecule has 3 heterocycles. The van der Waals surface area contributed by atoms with Gasteiger partial charge in [-0.25, -0.2) is 0 Å². The van der Waals surface area contributed by atoms with Gasteiger partial charge in [0.1, 0.15) is 22.3 Å². The van der Waals surface area contributed by atoms with Crippen LogP contribution in [0.3, 0.4) is 0 Å². The Balaban J connectivity index is 0.976. The zero-order valence-corrected chi connectivity index (χ0v) is 37.9. The van der Waals surface area contributed by atoms with E-state index in [1.165, 1.54) is 58.8 Å². The van der Waals surface area contributed by atoms with E-state index in [9.17, 15) is 0 Å². The highest BCUT2D eigenvalue weighted by Gasteiger charge is 2.22. The lowest BCUT2D eigenvalue weighted by Crippen LogP contribution is -2.07. The van der Waals surface area contributed by atoms with E-state index in [2.05, 4.69) is 196 Å². The van der Waals surface area contributed by atoms with E-state index in [4.69, 9.17) is 13.8 Å². The number of fused-ring (bicyclic) bond motifs is 10. The van der Waals surface area contributed by atoms with Gasteiger partial charge in [-0.15, -0.1) is 11.3 Å². The molecule has 318 valence electrons. The number of furan rings is 2. The van der Waals surface area contributed by atoms with Crippen molar-refractivity contribution in [3.8, 4) is 22.3 Å². The number of aliphatic imine (C=N–C) groups is 1. The van der Waals surface area contributed by atoms with Gasteiger partial charge in [-0.05, 0) is 87.8 Å². The molecule has 1 unspecified atom stereocenters. The van der Waals surface area contributed by atoms with Crippen molar-refractivity contribution in [3.63, 3.8) is 0 Å². The van der Waals surface area contributed by atoms with Crippen LogP contribution in [0.25, 0.3) is 103 Å². The van der Waals surface area contributed by atoms with Gasteiger partial charge in [-0.3, -0.25) is 4.99 Å². The number of benzene rings is 9. The highest BCUT2D eigenvalue weighted by molar-refractivity contribution is 7.25. The van der Waals surface area contributed by atoms with Crippen molar-refractivity contribution in [2.45, 2.75) is 45.6 Å². The summed E-state index contributed by atoms with van der Waals surface area (Å²) < 4.78 is 15.9. The lowest BCUT2D eigenvalue weighted by Gasteiger charge is -2.20. The first-order valence-electron chi connectivity index (χ1n) is 23.2. The highest BCUT2D eigenvalue weighted by atomic mass is 32.1. The topological polar surface area (TPSA) is 38.6 Å². The number of nitrogens with zero attached hydrogens (tertiary/aromatic N) is 1. The van der Waals surface area contributed by atoms with Gasteiger partial charge in [0.05, 0.1) is 6.04 Å². The lowest BCUT2D eigenvalue weighted by molar-refractivity contribution is 0.608. The quantitative estimate of drug-likeness (QED) is 0.121. The Labute approximate surface area is 388 Å². The molecular weight excluding hydrogens is 823 g/mol. The molecule has 66 heavy (non-hydrogen) atoms. The maximum absolute atomic E-state index is 6.89. The predicted molar refractivity (Wildman–Crippen MR) is 282 cm³/mol. The number of thiophene rings is 1. The van der Waals surface area contributed by atoms with Gasteiger partial charge in [0.15, 0.2) is 0 Å². The molecule has 0 N–H and O–H groups in total. The molecule has 0 aliphatic rings. The number of allylic oxidation sites excluding steroid dienone is 1. The molecule has 0 aliphatic carbocycles. The SMILES string of the molecule is CCCCC(N=C(C/C(C)=C\c1cccc2sc3ccccc3c12)c1ccccc1)c1ccc(-c2cccc3oc4c(-c5cccc6oc7ccccc7c56)cccc4c23)c2ccccc12. The van der Waals surface area contributed by atoms with E-state index < -0.39 is 0 Å². The molecule has 3 nitrogen and oxygen atoms in total. The van der Waals surface area contributed by atoms with Crippen LogP contribution in [0.5, 0.6) is 0 Å². The summed E-state index contributed by atoms with van der Waals surface area (Å²) in [4.78, 5) is 5.80. The second kappa shape index (κ2) is 16.8. The van der Waals surface area contributed by atoms with Gasteiger partial charge < -0.3 is 8.83 Å². The van der Waals surface area contributed by atoms with E-state index >= 15 is 0 Å². The Hall–Kier alpha value is -7.53. The Kier molecular flexibility index (Phi) is 10.2. The molecule has 0 fully saturated rings. The minimum atomic E-state index is -0.0222. The lowest BCUT2D eigenvalue weighted by atomic mass is 9.89. The summed E-state index contributed by atoms with van der Waals surface area (Å²) in [5.74, 6) is 0. The summed E-state index contributed by atoms with van der Waals surface area (Å²) in [6.45, 7) is 4.54. The molecule has 0 bridgehead atoms. The van der Waals surface area contributed by atoms with Crippen molar-refractivity contribution in [3.05, 3.63) is 210 Å². The van der Waals surface area contributed by atoms with Gasteiger partial charge in [-0.1, -0.05) is 189 Å². The molecule has 9 aromatic carbocycles. The average Bonchev–Trinajstić information content (AvgIpc) is 4.07. The van der Waals surface area contributed by atoms with Gasteiger partial charge in [0.25, 0.3) is 0 Å². The minimum absolute atomic E-state index is 0.0222. The van der Waals surface area contributed by atoms with Crippen molar-refractivity contribution in [2.24, 2.45) is 4.99 Å². The number of hydrogen-bond donors (Lipinski definition) is 0. The largest absolute Gasteiger partial charge is 0.456 e. The molecular formula is C62H47NO2S. The van der Waals surface area contributed by atoms with Crippen molar-refractivity contribution in [1.29, 1.82) is 0 Å². The van der Waals surface area contributed by atoms with E-state index in [-0.39, 0.29) is 6.04 Å². The van der Waals surface area contributed by atoms with E-state index in [0.717, 1.165) is 92.0 Å². The molecule has 12 aromatic rings. The molecule has 12 rings (SSSR count). The molecule has 4 heteroatoms. The third-order valence-electron chi connectivity index (χ3n) is 13.4. The summed E-state index contributed by atoms with van der Waals surface area (Å²) in [7, 11) is 0. The molecule has 0 spiro atoms. The smallest absolute Gasteiger partial charge is 0.143 e. The van der Waals surface area contributed by atoms with Crippen LogP contribution < -0.4 is 0 Å². The Morgan fingerprint density at radius 2 is 1.14 bits per heavy atom.